The first-order valence-electron chi connectivity index (χ1n) is 10.4. The van der Waals surface area contributed by atoms with E-state index in [9.17, 15) is 14.7 Å². The van der Waals surface area contributed by atoms with Crippen molar-refractivity contribution in [2.24, 2.45) is 5.92 Å². The van der Waals surface area contributed by atoms with Crippen LogP contribution in [0.15, 0.2) is 65.8 Å². The van der Waals surface area contributed by atoms with E-state index in [0.29, 0.717) is 12.5 Å². The number of hydrogen-bond donors (Lipinski definition) is 1. The van der Waals surface area contributed by atoms with Crippen molar-refractivity contribution >= 4 is 40.7 Å². The SMILES string of the molecule is O=C(O)Cn1c(SCC2CCCN(C(=O)C=Cc3ccccc3)C2)nc2ccccc21. The van der Waals surface area contributed by atoms with E-state index in [1.54, 1.807) is 22.4 Å². The van der Waals surface area contributed by atoms with Crippen molar-refractivity contribution in [2.75, 3.05) is 18.8 Å². The summed E-state index contributed by atoms with van der Waals surface area (Å²) >= 11 is 1.58. The summed E-state index contributed by atoms with van der Waals surface area (Å²) < 4.78 is 1.76. The third-order valence-corrected chi connectivity index (χ3v) is 6.62. The van der Waals surface area contributed by atoms with Gasteiger partial charge < -0.3 is 14.6 Å². The van der Waals surface area contributed by atoms with E-state index >= 15 is 0 Å². The van der Waals surface area contributed by atoms with E-state index in [-0.39, 0.29) is 12.5 Å². The van der Waals surface area contributed by atoms with Gasteiger partial charge in [-0.1, -0.05) is 54.2 Å². The van der Waals surface area contributed by atoms with Crippen molar-refractivity contribution in [3.8, 4) is 0 Å². The van der Waals surface area contributed by atoms with Crippen molar-refractivity contribution in [1.29, 1.82) is 0 Å². The van der Waals surface area contributed by atoms with Gasteiger partial charge in [0.25, 0.3) is 0 Å². The molecule has 1 aromatic heterocycles. The molecule has 6 nitrogen and oxygen atoms in total. The van der Waals surface area contributed by atoms with Crippen molar-refractivity contribution in [1.82, 2.24) is 14.5 Å². The second kappa shape index (κ2) is 9.83. The van der Waals surface area contributed by atoms with Gasteiger partial charge in [-0.2, -0.15) is 0 Å². The minimum absolute atomic E-state index is 0.0386. The number of rotatable bonds is 7. The van der Waals surface area contributed by atoms with Gasteiger partial charge in [-0.3, -0.25) is 9.59 Å². The summed E-state index contributed by atoms with van der Waals surface area (Å²) in [6.45, 7) is 1.38. The molecule has 1 atom stereocenters. The molecule has 160 valence electrons. The van der Waals surface area contributed by atoms with Crippen LogP contribution in [0.2, 0.25) is 0 Å². The summed E-state index contributed by atoms with van der Waals surface area (Å²) in [7, 11) is 0. The molecule has 1 N–H and O–H groups in total. The molecular formula is C24H25N3O3S. The minimum atomic E-state index is -0.885. The van der Waals surface area contributed by atoms with Crippen LogP contribution in [0.4, 0.5) is 0 Å². The number of carbonyl (C=O) groups excluding carboxylic acids is 1. The van der Waals surface area contributed by atoms with E-state index < -0.39 is 5.97 Å². The maximum absolute atomic E-state index is 12.6. The number of thioether (sulfide) groups is 1. The molecule has 1 saturated heterocycles. The third kappa shape index (κ3) is 5.35. The molecular weight excluding hydrogens is 410 g/mol. The molecule has 1 unspecified atom stereocenters. The number of amides is 1. The number of aromatic nitrogens is 2. The zero-order valence-electron chi connectivity index (χ0n) is 17.2. The highest BCUT2D eigenvalue weighted by Crippen LogP contribution is 2.28. The van der Waals surface area contributed by atoms with Gasteiger partial charge >= 0.3 is 5.97 Å². The van der Waals surface area contributed by atoms with Gasteiger partial charge in [0.2, 0.25) is 5.91 Å². The van der Waals surface area contributed by atoms with Crippen LogP contribution in [0, 0.1) is 5.92 Å². The lowest BCUT2D eigenvalue weighted by Gasteiger charge is -2.32. The van der Waals surface area contributed by atoms with Crippen LogP contribution >= 0.6 is 11.8 Å². The van der Waals surface area contributed by atoms with Gasteiger partial charge in [-0.25, -0.2) is 4.98 Å². The molecule has 0 saturated carbocycles. The topological polar surface area (TPSA) is 75.4 Å². The van der Waals surface area contributed by atoms with E-state index in [1.165, 1.54) is 0 Å². The van der Waals surface area contributed by atoms with Crippen LogP contribution in [0.25, 0.3) is 17.1 Å². The number of para-hydroxylation sites is 2. The number of carbonyl (C=O) groups is 2. The fraction of sp³-hybridized carbons (Fsp3) is 0.292. The van der Waals surface area contributed by atoms with Crippen molar-refractivity contribution in [2.45, 2.75) is 24.5 Å². The predicted molar refractivity (Wildman–Crippen MR) is 123 cm³/mol. The Morgan fingerprint density at radius 1 is 1.13 bits per heavy atom. The second-order valence-electron chi connectivity index (χ2n) is 7.71. The summed E-state index contributed by atoms with van der Waals surface area (Å²) in [4.78, 5) is 30.5. The lowest BCUT2D eigenvalue weighted by molar-refractivity contribution is -0.137. The van der Waals surface area contributed by atoms with E-state index in [2.05, 4.69) is 4.98 Å². The molecule has 31 heavy (non-hydrogen) atoms. The van der Waals surface area contributed by atoms with Crippen molar-refractivity contribution < 1.29 is 14.7 Å². The van der Waals surface area contributed by atoms with Crippen LogP contribution < -0.4 is 0 Å². The Balaban J connectivity index is 1.39. The van der Waals surface area contributed by atoms with Crippen LogP contribution in [-0.2, 0) is 16.1 Å². The Hall–Kier alpha value is -3.06. The van der Waals surface area contributed by atoms with Gasteiger partial charge in [0, 0.05) is 24.9 Å². The summed E-state index contributed by atoms with van der Waals surface area (Å²) in [6, 6.07) is 17.4. The standard InChI is InChI=1S/C24H25N3O3S/c28-22(13-12-18-7-2-1-3-8-18)26-14-6-9-19(15-26)17-31-24-25-20-10-4-5-11-21(20)27(24)16-23(29)30/h1-5,7-8,10-13,19H,6,9,14-17H2,(H,29,30). The number of carboxylic acids is 1. The van der Waals surface area contributed by atoms with Gasteiger partial charge in [-0.15, -0.1) is 0 Å². The largest absolute Gasteiger partial charge is 0.480 e. The number of hydrogen-bond acceptors (Lipinski definition) is 4. The number of benzene rings is 2. The number of nitrogens with zero attached hydrogens (tertiary/aromatic N) is 3. The molecule has 0 bridgehead atoms. The van der Waals surface area contributed by atoms with Gasteiger partial charge in [0.05, 0.1) is 11.0 Å². The highest BCUT2D eigenvalue weighted by atomic mass is 32.2. The summed E-state index contributed by atoms with van der Waals surface area (Å²) in [5.41, 5.74) is 2.65. The molecule has 2 heterocycles. The molecule has 0 aliphatic carbocycles. The molecule has 3 aromatic rings. The van der Waals surface area contributed by atoms with Crippen molar-refractivity contribution in [3.63, 3.8) is 0 Å². The Morgan fingerprint density at radius 2 is 1.90 bits per heavy atom. The van der Waals surface area contributed by atoms with Crippen molar-refractivity contribution in [3.05, 3.63) is 66.2 Å². The second-order valence-corrected chi connectivity index (χ2v) is 8.70. The minimum Gasteiger partial charge on any atom is -0.480 e. The Labute approximate surface area is 185 Å². The summed E-state index contributed by atoms with van der Waals surface area (Å²) in [5, 5.41) is 10.0. The van der Waals surface area contributed by atoms with E-state index in [0.717, 1.165) is 46.9 Å². The maximum Gasteiger partial charge on any atom is 0.323 e. The highest BCUT2D eigenvalue weighted by Gasteiger charge is 2.23. The van der Waals surface area contributed by atoms with Gasteiger partial charge in [0.1, 0.15) is 6.54 Å². The zero-order chi connectivity index (χ0) is 21.6. The number of carboxylic acid groups (broad SMARTS) is 1. The van der Waals surface area contributed by atoms with Gasteiger partial charge in [-0.05, 0) is 42.5 Å². The average molecular weight is 436 g/mol. The molecule has 0 spiro atoms. The summed E-state index contributed by atoms with van der Waals surface area (Å²) in [6.07, 6.45) is 5.53. The lowest BCUT2D eigenvalue weighted by atomic mass is 10.00. The van der Waals surface area contributed by atoms with E-state index in [1.807, 2.05) is 65.6 Å². The molecule has 7 heteroatoms. The van der Waals surface area contributed by atoms with Gasteiger partial charge in [0.15, 0.2) is 5.16 Å². The first-order valence-corrected chi connectivity index (χ1v) is 11.4. The maximum atomic E-state index is 12.6. The smallest absolute Gasteiger partial charge is 0.323 e. The predicted octanol–water partition coefficient (Wildman–Crippen LogP) is 4.17. The number of aliphatic carboxylic acids is 1. The van der Waals surface area contributed by atoms with E-state index in [4.69, 9.17) is 0 Å². The van der Waals surface area contributed by atoms with Crippen LogP contribution in [0.5, 0.6) is 0 Å². The zero-order valence-corrected chi connectivity index (χ0v) is 18.0. The molecule has 4 rings (SSSR count). The normalized spacial score (nSPS) is 16.8. The fourth-order valence-electron chi connectivity index (χ4n) is 3.88. The third-order valence-electron chi connectivity index (χ3n) is 5.41. The Kier molecular flexibility index (Phi) is 6.72. The van der Waals surface area contributed by atoms with Crippen LogP contribution in [0.1, 0.15) is 18.4 Å². The first-order chi connectivity index (χ1) is 15.1. The Morgan fingerprint density at radius 3 is 2.71 bits per heavy atom. The highest BCUT2D eigenvalue weighted by molar-refractivity contribution is 7.99. The molecule has 1 fully saturated rings. The molecule has 1 amide bonds. The lowest BCUT2D eigenvalue weighted by Crippen LogP contribution is -2.39. The monoisotopic (exact) mass is 435 g/mol. The molecule has 0 radical (unpaired) electrons. The average Bonchev–Trinajstić information content (AvgIpc) is 3.14. The quantitative estimate of drug-likeness (QED) is 0.445. The number of likely N-dealkylation sites (tertiary alicyclic amines) is 1. The number of imidazole rings is 1. The first kappa shape index (κ1) is 21.2. The number of piperidine rings is 1. The molecule has 1 aliphatic heterocycles. The summed E-state index contributed by atoms with van der Waals surface area (Å²) in [5.74, 6) is 0.307. The molecule has 1 aliphatic rings. The van der Waals surface area contributed by atoms with Crippen LogP contribution in [-0.4, -0.2) is 50.3 Å². The molecule has 2 aromatic carbocycles. The fourth-order valence-corrected chi connectivity index (χ4v) is 5.02. The van der Waals surface area contributed by atoms with Crippen LogP contribution in [0.3, 0.4) is 0 Å². The Bertz CT molecular complexity index is 1090. The number of fused-ring (bicyclic) bond motifs is 1.